The number of para-hydroxylation sites is 1. The van der Waals surface area contributed by atoms with E-state index in [9.17, 15) is 4.39 Å². The van der Waals surface area contributed by atoms with Crippen molar-refractivity contribution in [2.45, 2.75) is 32.0 Å². The maximum atomic E-state index is 13.6. The molecule has 0 aromatic heterocycles. The van der Waals surface area contributed by atoms with Crippen molar-refractivity contribution in [3.63, 3.8) is 0 Å². The molecule has 2 aromatic carbocycles. The topological polar surface area (TPSA) is 6.48 Å². The zero-order valence-electron chi connectivity index (χ0n) is 12.2. The second kappa shape index (κ2) is 4.76. The molecule has 1 fully saturated rings. The average molecular weight is 282 g/mol. The molecule has 2 aliphatic rings. The first-order valence-electron chi connectivity index (χ1n) is 7.65. The van der Waals surface area contributed by atoms with E-state index in [4.69, 9.17) is 0 Å². The first-order chi connectivity index (χ1) is 10.3. The molecule has 4 rings (SSSR count). The molecule has 0 aliphatic carbocycles. The lowest BCUT2D eigenvalue weighted by Crippen LogP contribution is -2.50. The number of hydrogen-bond donors (Lipinski definition) is 0. The molecule has 108 valence electrons. The monoisotopic (exact) mass is 282 g/mol. The van der Waals surface area contributed by atoms with Gasteiger partial charge in [-0.3, -0.25) is 0 Å². The number of rotatable bonds is 1. The Morgan fingerprint density at radius 2 is 1.95 bits per heavy atom. The molecule has 3 heteroatoms. The summed E-state index contributed by atoms with van der Waals surface area (Å²) in [6.07, 6.45) is 2.67. The normalized spacial score (nSPS) is 23.9. The van der Waals surface area contributed by atoms with Gasteiger partial charge in [-0.25, -0.2) is 4.39 Å². The fraction of sp³-hybridized carbons (Fsp3) is 0.333. The van der Waals surface area contributed by atoms with Crippen LogP contribution in [-0.2, 0) is 0 Å². The van der Waals surface area contributed by atoms with Gasteiger partial charge in [-0.15, -0.1) is 0 Å². The third kappa shape index (κ3) is 1.91. The highest BCUT2D eigenvalue weighted by atomic mass is 19.1. The SMILES string of the molecule is CC1c2ccccc2N2CCCC2N1c1cccc(F)c1. The number of halogens is 1. The van der Waals surface area contributed by atoms with Crippen molar-refractivity contribution in [3.8, 4) is 0 Å². The maximum absolute atomic E-state index is 13.6. The molecule has 2 aromatic rings. The molecule has 0 radical (unpaired) electrons. The summed E-state index contributed by atoms with van der Waals surface area (Å²) < 4.78 is 13.6. The van der Waals surface area contributed by atoms with Crippen LogP contribution in [0.3, 0.4) is 0 Å². The maximum Gasteiger partial charge on any atom is 0.125 e. The molecule has 2 nitrogen and oxygen atoms in total. The molecule has 0 spiro atoms. The Morgan fingerprint density at radius 3 is 2.81 bits per heavy atom. The zero-order chi connectivity index (χ0) is 14.4. The van der Waals surface area contributed by atoms with Crippen LogP contribution in [-0.4, -0.2) is 12.7 Å². The van der Waals surface area contributed by atoms with Gasteiger partial charge in [0.2, 0.25) is 0 Å². The van der Waals surface area contributed by atoms with Crippen molar-refractivity contribution >= 4 is 11.4 Å². The Kier molecular flexibility index (Phi) is 2.88. The number of benzene rings is 2. The number of anilines is 2. The van der Waals surface area contributed by atoms with Gasteiger partial charge in [-0.1, -0.05) is 24.3 Å². The predicted molar refractivity (Wildman–Crippen MR) is 84.1 cm³/mol. The van der Waals surface area contributed by atoms with E-state index >= 15 is 0 Å². The summed E-state index contributed by atoms with van der Waals surface area (Å²) in [5.74, 6) is -0.164. The third-order valence-corrected chi connectivity index (χ3v) is 4.76. The lowest BCUT2D eigenvalue weighted by Gasteiger charge is -2.47. The van der Waals surface area contributed by atoms with E-state index in [2.05, 4.69) is 41.0 Å². The fourth-order valence-electron chi connectivity index (χ4n) is 3.86. The van der Waals surface area contributed by atoms with Crippen molar-refractivity contribution in [2.24, 2.45) is 0 Å². The minimum absolute atomic E-state index is 0.164. The van der Waals surface area contributed by atoms with Crippen LogP contribution in [0.4, 0.5) is 15.8 Å². The van der Waals surface area contributed by atoms with Gasteiger partial charge in [0.05, 0.1) is 6.04 Å². The van der Waals surface area contributed by atoms with Gasteiger partial charge in [-0.2, -0.15) is 0 Å². The first-order valence-corrected chi connectivity index (χ1v) is 7.65. The van der Waals surface area contributed by atoms with E-state index < -0.39 is 0 Å². The quantitative estimate of drug-likeness (QED) is 0.768. The van der Waals surface area contributed by atoms with Gasteiger partial charge in [0.25, 0.3) is 0 Å². The molecule has 0 saturated carbocycles. The predicted octanol–water partition coefficient (Wildman–Crippen LogP) is 4.33. The van der Waals surface area contributed by atoms with Crippen LogP contribution in [0, 0.1) is 5.82 Å². The Labute approximate surface area is 124 Å². The van der Waals surface area contributed by atoms with Crippen molar-refractivity contribution in [2.75, 3.05) is 16.3 Å². The highest BCUT2D eigenvalue weighted by Crippen LogP contribution is 2.44. The number of hydrogen-bond acceptors (Lipinski definition) is 2. The minimum atomic E-state index is -0.164. The van der Waals surface area contributed by atoms with Crippen LogP contribution in [0.1, 0.15) is 31.4 Å². The van der Waals surface area contributed by atoms with Crippen molar-refractivity contribution in [1.29, 1.82) is 0 Å². The highest BCUT2D eigenvalue weighted by molar-refractivity contribution is 5.65. The van der Waals surface area contributed by atoms with Crippen LogP contribution < -0.4 is 9.80 Å². The van der Waals surface area contributed by atoms with Crippen molar-refractivity contribution in [1.82, 2.24) is 0 Å². The van der Waals surface area contributed by atoms with Gasteiger partial charge >= 0.3 is 0 Å². The second-order valence-electron chi connectivity index (χ2n) is 5.94. The molecule has 2 unspecified atom stereocenters. The standard InChI is InChI=1S/C18H19FN2/c1-13-16-8-2-3-9-17(16)20-11-5-10-18(20)21(13)15-7-4-6-14(19)12-15/h2-4,6-9,12-13,18H,5,10-11H2,1H3. The molecule has 1 saturated heterocycles. The Bertz CT molecular complexity index is 670. The molecule has 0 N–H and O–H groups in total. The van der Waals surface area contributed by atoms with Crippen molar-refractivity contribution < 1.29 is 4.39 Å². The van der Waals surface area contributed by atoms with Crippen LogP contribution >= 0.6 is 0 Å². The number of nitrogens with zero attached hydrogens (tertiary/aromatic N) is 2. The van der Waals surface area contributed by atoms with E-state index in [0.717, 1.165) is 18.7 Å². The van der Waals surface area contributed by atoms with Gasteiger partial charge < -0.3 is 9.80 Å². The summed E-state index contributed by atoms with van der Waals surface area (Å²) in [5.41, 5.74) is 3.66. The van der Waals surface area contributed by atoms with E-state index in [1.165, 1.54) is 23.7 Å². The van der Waals surface area contributed by atoms with Crippen molar-refractivity contribution in [3.05, 3.63) is 59.9 Å². The second-order valence-corrected chi connectivity index (χ2v) is 5.94. The van der Waals surface area contributed by atoms with Crippen LogP contribution in [0.25, 0.3) is 0 Å². The average Bonchev–Trinajstić information content (AvgIpc) is 2.97. The highest BCUT2D eigenvalue weighted by Gasteiger charge is 2.39. The third-order valence-electron chi connectivity index (χ3n) is 4.76. The zero-order valence-corrected chi connectivity index (χ0v) is 12.2. The van der Waals surface area contributed by atoms with Gasteiger partial charge in [0.1, 0.15) is 12.0 Å². The first kappa shape index (κ1) is 12.7. The van der Waals surface area contributed by atoms with Gasteiger partial charge in [0.15, 0.2) is 0 Å². The van der Waals surface area contributed by atoms with Gasteiger partial charge in [0, 0.05) is 17.9 Å². The summed E-state index contributed by atoms with van der Waals surface area (Å²) in [7, 11) is 0. The lowest BCUT2D eigenvalue weighted by molar-refractivity contribution is 0.518. The molecule has 0 amide bonds. The lowest BCUT2D eigenvalue weighted by atomic mass is 9.98. The molecule has 2 atom stereocenters. The molecule has 2 aliphatic heterocycles. The summed E-state index contributed by atoms with van der Waals surface area (Å²) in [5, 5.41) is 0. The van der Waals surface area contributed by atoms with Crippen LogP contribution in [0.2, 0.25) is 0 Å². The van der Waals surface area contributed by atoms with Crippen LogP contribution in [0.15, 0.2) is 48.5 Å². The molecule has 21 heavy (non-hydrogen) atoms. The molecular weight excluding hydrogens is 263 g/mol. The van der Waals surface area contributed by atoms with Crippen LogP contribution in [0.5, 0.6) is 0 Å². The summed E-state index contributed by atoms with van der Waals surface area (Å²) in [6, 6.07) is 15.9. The van der Waals surface area contributed by atoms with Gasteiger partial charge in [-0.05, 0) is 49.6 Å². The van der Waals surface area contributed by atoms with E-state index in [-0.39, 0.29) is 11.9 Å². The smallest absolute Gasteiger partial charge is 0.125 e. The van der Waals surface area contributed by atoms with E-state index in [1.54, 1.807) is 12.1 Å². The summed E-state index contributed by atoms with van der Waals surface area (Å²) in [6.45, 7) is 3.31. The van der Waals surface area contributed by atoms with E-state index in [1.807, 2.05) is 6.07 Å². The molecular formula is C18H19FN2. The number of fused-ring (bicyclic) bond motifs is 3. The Hall–Kier alpha value is -2.03. The summed E-state index contributed by atoms with van der Waals surface area (Å²) >= 11 is 0. The Balaban J connectivity index is 1.85. The largest absolute Gasteiger partial charge is 0.351 e. The minimum Gasteiger partial charge on any atom is -0.351 e. The van der Waals surface area contributed by atoms with E-state index in [0.29, 0.717) is 6.17 Å². The fourth-order valence-corrected chi connectivity index (χ4v) is 3.86. The molecule has 2 heterocycles. The molecule has 0 bridgehead atoms. The Morgan fingerprint density at radius 1 is 1.10 bits per heavy atom. The summed E-state index contributed by atoms with van der Waals surface area (Å²) in [4.78, 5) is 4.85.